The third-order valence-electron chi connectivity index (χ3n) is 4.45. The molecule has 0 fully saturated rings. The minimum Gasteiger partial charge on any atom is -0.465 e. The number of thioether (sulfide) groups is 2. The summed E-state index contributed by atoms with van der Waals surface area (Å²) in [6, 6.07) is 12.9. The summed E-state index contributed by atoms with van der Waals surface area (Å²) in [5.41, 5.74) is 2.04. The first-order valence-corrected chi connectivity index (χ1v) is 12.0. The number of esters is 1. The van der Waals surface area contributed by atoms with E-state index in [1.807, 2.05) is 6.26 Å². The zero-order valence-corrected chi connectivity index (χ0v) is 18.5. The van der Waals surface area contributed by atoms with Crippen molar-refractivity contribution >= 4 is 29.5 Å². The third kappa shape index (κ3) is 7.88. The topological polar surface area (TPSA) is 26.3 Å². The predicted molar refractivity (Wildman–Crippen MR) is 119 cm³/mol. The van der Waals surface area contributed by atoms with Crippen molar-refractivity contribution < 1.29 is 13.9 Å². The van der Waals surface area contributed by atoms with Crippen molar-refractivity contribution in [1.29, 1.82) is 0 Å². The van der Waals surface area contributed by atoms with E-state index < -0.39 is 0 Å². The summed E-state index contributed by atoms with van der Waals surface area (Å²) in [5, 5.41) is 0. The van der Waals surface area contributed by atoms with Gasteiger partial charge in [-0.25, -0.2) is 4.39 Å². The Morgan fingerprint density at radius 2 is 1.82 bits per heavy atom. The molecule has 152 valence electrons. The molecule has 1 atom stereocenters. The van der Waals surface area contributed by atoms with Gasteiger partial charge in [0.25, 0.3) is 0 Å². The fourth-order valence-corrected chi connectivity index (χ4v) is 4.27. The van der Waals surface area contributed by atoms with E-state index in [9.17, 15) is 9.18 Å². The Labute approximate surface area is 176 Å². The summed E-state index contributed by atoms with van der Waals surface area (Å²) in [6.45, 7) is 4.81. The number of benzene rings is 2. The van der Waals surface area contributed by atoms with Crippen molar-refractivity contribution in [3.8, 4) is 11.1 Å². The molecule has 0 aromatic heterocycles. The van der Waals surface area contributed by atoms with E-state index in [1.165, 1.54) is 25.0 Å². The zero-order valence-electron chi connectivity index (χ0n) is 16.9. The van der Waals surface area contributed by atoms with Gasteiger partial charge < -0.3 is 4.74 Å². The second kappa shape index (κ2) is 12.2. The first-order valence-electron chi connectivity index (χ1n) is 9.75. The van der Waals surface area contributed by atoms with Gasteiger partial charge in [0.2, 0.25) is 0 Å². The number of halogens is 1. The average molecular weight is 421 g/mol. The third-order valence-corrected chi connectivity index (χ3v) is 6.13. The summed E-state index contributed by atoms with van der Waals surface area (Å²) in [4.78, 5) is 14.2. The van der Waals surface area contributed by atoms with Crippen LogP contribution in [0, 0.1) is 11.7 Å². The smallest absolute Gasteiger partial charge is 0.306 e. The van der Waals surface area contributed by atoms with Crippen LogP contribution in [0.1, 0.15) is 39.5 Å². The summed E-state index contributed by atoms with van der Waals surface area (Å²) in [7, 11) is 0. The highest BCUT2D eigenvalue weighted by Gasteiger charge is 2.09. The molecule has 0 aliphatic rings. The zero-order chi connectivity index (χ0) is 20.4. The van der Waals surface area contributed by atoms with Crippen LogP contribution in [0.5, 0.6) is 0 Å². The lowest BCUT2D eigenvalue weighted by Gasteiger charge is -2.12. The molecule has 0 spiro atoms. The van der Waals surface area contributed by atoms with Gasteiger partial charge in [-0.1, -0.05) is 38.8 Å². The fraction of sp³-hybridized carbons (Fsp3) is 0.435. The van der Waals surface area contributed by atoms with Crippen molar-refractivity contribution in [2.75, 3.05) is 18.6 Å². The highest BCUT2D eigenvalue weighted by Crippen LogP contribution is 2.31. The number of hydrogen-bond acceptors (Lipinski definition) is 4. The Morgan fingerprint density at radius 1 is 1.11 bits per heavy atom. The molecule has 0 saturated heterocycles. The molecule has 5 heteroatoms. The standard InChI is InChI=1S/C23H29FO2S2/c1-4-5-6-17(2)16-26-23(25)11-12-28-22-14-19(13-21(15-22)27-3)18-7-9-20(24)10-8-18/h7-10,13-15,17H,4-6,11-12,16H2,1-3H3. The molecular formula is C23H29FO2S2. The van der Waals surface area contributed by atoms with Gasteiger partial charge in [-0.15, -0.1) is 23.5 Å². The van der Waals surface area contributed by atoms with Crippen LogP contribution < -0.4 is 0 Å². The van der Waals surface area contributed by atoms with Gasteiger partial charge in [-0.05, 0) is 60.1 Å². The van der Waals surface area contributed by atoms with E-state index in [-0.39, 0.29) is 11.8 Å². The fourth-order valence-electron chi connectivity index (χ4n) is 2.78. The molecule has 0 radical (unpaired) electrons. The molecule has 2 aromatic carbocycles. The van der Waals surface area contributed by atoms with Gasteiger partial charge in [0.05, 0.1) is 13.0 Å². The average Bonchev–Trinajstić information content (AvgIpc) is 2.71. The highest BCUT2D eigenvalue weighted by atomic mass is 32.2. The van der Waals surface area contributed by atoms with Crippen molar-refractivity contribution in [2.45, 2.75) is 49.3 Å². The van der Waals surface area contributed by atoms with E-state index in [0.717, 1.165) is 27.3 Å². The number of ether oxygens (including phenoxy) is 1. The van der Waals surface area contributed by atoms with Gasteiger partial charge in [-0.3, -0.25) is 4.79 Å². The number of hydrogen-bond donors (Lipinski definition) is 0. The normalized spacial score (nSPS) is 12.0. The second-order valence-corrected chi connectivity index (χ2v) is 8.98. The van der Waals surface area contributed by atoms with Crippen LogP contribution >= 0.6 is 23.5 Å². The minimum atomic E-state index is -0.234. The van der Waals surface area contributed by atoms with Crippen molar-refractivity contribution in [1.82, 2.24) is 0 Å². The van der Waals surface area contributed by atoms with Gasteiger partial charge in [0, 0.05) is 15.5 Å². The summed E-state index contributed by atoms with van der Waals surface area (Å²) < 4.78 is 18.6. The lowest BCUT2D eigenvalue weighted by molar-refractivity contribution is -0.144. The Hall–Kier alpha value is -1.46. The molecule has 0 aliphatic heterocycles. The van der Waals surface area contributed by atoms with Crippen LogP contribution in [0.25, 0.3) is 11.1 Å². The van der Waals surface area contributed by atoms with Gasteiger partial charge in [0.15, 0.2) is 0 Å². The van der Waals surface area contributed by atoms with E-state index >= 15 is 0 Å². The van der Waals surface area contributed by atoms with Crippen molar-refractivity contribution in [2.24, 2.45) is 5.92 Å². The molecule has 0 N–H and O–H groups in total. The first kappa shape index (κ1) is 22.8. The van der Waals surface area contributed by atoms with Crippen LogP contribution in [0.3, 0.4) is 0 Å². The Balaban J connectivity index is 1.88. The van der Waals surface area contributed by atoms with Crippen molar-refractivity contribution in [3.05, 3.63) is 48.3 Å². The summed E-state index contributed by atoms with van der Waals surface area (Å²) in [6.07, 6.45) is 5.89. The minimum absolute atomic E-state index is 0.129. The SMILES string of the molecule is CCCCC(C)COC(=O)CCSc1cc(SC)cc(-c2ccc(F)cc2)c1. The molecule has 0 amide bonds. The molecular weight excluding hydrogens is 391 g/mol. The molecule has 0 aliphatic carbocycles. The Bertz CT molecular complexity index is 747. The van der Waals surface area contributed by atoms with E-state index in [0.29, 0.717) is 24.7 Å². The largest absolute Gasteiger partial charge is 0.465 e. The van der Waals surface area contributed by atoms with Gasteiger partial charge >= 0.3 is 5.97 Å². The molecule has 0 saturated carbocycles. The summed E-state index contributed by atoms with van der Waals surface area (Å²) >= 11 is 3.32. The summed E-state index contributed by atoms with van der Waals surface area (Å²) in [5.74, 6) is 0.744. The van der Waals surface area contributed by atoms with Crippen LogP contribution in [0.4, 0.5) is 4.39 Å². The molecule has 2 nitrogen and oxygen atoms in total. The maximum absolute atomic E-state index is 13.2. The quantitative estimate of drug-likeness (QED) is 0.287. The predicted octanol–water partition coefficient (Wildman–Crippen LogP) is 7.07. The lowest BCUT2D eigenvalue weighted by Crippen LogP contribution is -2.12. The van der Waals surface area contributed by atoms with E-state index in [1.54, 1.807) is 35.7 Å². The molecule has 0 bridgehead atoms. The number of carbonyl (C=O) groups is 1. The van der Waals surface area contributed by atoms with Crippen LogP contribution in [-0.4, -0.2) is 24.6 Å². The molecule has 2 rings (SSSR count). The number of carbonyl (C=O) groups excluding carboxylic acids is 1. The van der Waals surface area contributed by atoms with Crippen LogP contribution in [0.15, 0.2) is 52.3 Å². The van der Waals surface area contributed by atoms with Crippen LogP contribution in [-0.2, 0) is 9.53 Å². The lowest BCUT2D eigenvalue weighted by atomic mass is 10.1. The van der Waals surface area contributed by atoms with Gasteiger partial charge in [-0.2, -0.15) is 0 Å². The van der Waals surface area contributed by atoms with E-state index in [4.69, 9.17) is 4.74 Å². The first-order chi connectivity index (χ1) is 13.5. The van der Waals surface area contributed by atoms with Crippen LogP contribution in [0.2, 0.25) is 0 Å². The number of unbranched alkanes of at least 4 members (excludes halogenated alkanes) is 1. The maximum atomic E-state index is 13.2. The monoisotopic (exact) mass is 420 g/mol. The molecule has 28 heavy (non-hydrogen) atoms. The molecule has 2 aromatic rings. The van der Waals surface area contributed by atoms with Gasteiger partial charge in [0.1, 0.15) is 5.82 Å². The maximum Gasteiger partial charge on any atom is 0.306 e. The number of rotatable bonds is 11. The highest BCUT2D eigenvalue weighted by molar-refractivity contribution is 7.99. The van der Waals surface area contributed by atoms with E-state index in [2.05, 4.69) is 32.0 Å². The Morgan fingerprint density at radius 3 is 2.50 bits per heavy atom. The van der Waals surface area contributed by atoms with Crippen molar-refractivity contribution in [3.63, 3.8) is 0 Å². The Kier molecular flexibility index (Phi) is 9.93. The molecule has 1 unspecified atom stereocenters. The second-order valence-electron chi connectivity index (χ2n) is 6.93. The molecule has 0 heterocycles.